The predicted molar refractivity (Wildman–Crippen MR) is 100 cm³/mol. The molecule has 25 heavy (non-hydrogen) atoms. The monoisotopic (exact) mass is 369 g/mol. The molecule has 1 aromatic heterocycles. The maximum absolute atomic E-state index is 10.7. The quantitative estimate of drug-likeness (QED) is 0.677. The summed E-state index contributed by atoms with van der Waals surface area (Å²) < 4.78 is 5.34. The fourth-order valence-electron chi connectivity index (χ4n) is 2.31. The summed E-state index contributed by atoms with van der Waals surface area (Å²) in [6, 6.07) is 12.7. The number of carboxylic acids is 1. The number of ether oxygens (including phenoxy) is 1. The van der Waals surface area contributed by atoms with E-state index in [4.69, 9.17) is 29.3 Å². The first-order chi connectivity index (χ1) is 12.0. The van der Waals surface area contributed by atoms with Gasteiger partial charge in [-0.05, 0) is 23.8 Å². The van der Waals surface area contributed by atoms with Crippen LogP contribution in [-0.4, -0.2) is 30.5 Å². The molecule has 0 fully saturated rings. The molecule has 1 heterocycles. The number of halogens is 1. The maximum atomic E-state index is 10.7. The second-order valence-corrected chi connectivity index (χ2v) is 6.75. The number of hydrogen-bond donors (Lipinski definition) is 1. The topological polar surface area (TPSA) is 59.4 Å². The Morgan fingerprint density at radius 2 is 2.00 bits per heavy atom. The van der Waals surface area contributed by atoms with Crippen LogP contribution in [0.5, 0.6) is 5.75 Å². The van der Waals surface area contributed by atoms with Gasteiger partial charge in [-0.1, -0.05) is 41.3 Å². The fraction of sp³-hybridized carbons (Fsp3) is 0.111. The Hall–Kier alpha value is -2.31. The van der Waals surface area contributed by atoms with Crippen LogP contribution in [-0.2, 0) is 11.2 Å². The summed E-state index contributed by atoms with van der Waals surface area (Å²) >= 11 is 7.43. The lowest BCUT2D eigenvalue weighted by Gasteiger charge is -2.09. The van der Waals surface area contributed by atoms with Crippen LogP contribution in [0.1, 0.15) is 10.6 Å². The van der Waals surface area contributed by atoms with E-state index in [1.165, 1.54) is 11.3 Å². The van der Waals surface area contributed by atoms with E-state index in [0.29, 0.717) is 33.9 Å². The van der Waals surface area contributed by atoms with E-state index in [-0.39, 0.29) is 0 Å². The molecule has 3 aromatic rings. The first kappa shape index (κ1) is 17.5. The Balaban J connectivity index is 1.84. The summed E-state index contributed by atoms with van der Waals surface area (Å²) in [7, 11) is 5.86. The molecule has 0 aliphatic carbocycles. The van der Waals surface area contributed by atoms with Crippen molar-refractivity contribution >= 4 is 42.2 Å². The van der Waals surface area contributed by atoms with E-state index < -0.39 is 12.6 Å². The average Bonchev–Trinajstić information content (AvgIpc) is 3.04. The standard InChI is InChI=1S/C18H13BClNO3S/c19-12-3-6-16(24-9-18(22)23)14(8-12)15-10-25-17(21-15)7-11-1-4-13(20)5-2-11/h1-6,8,10H,7,9H2,(H,22,23). The van der Waals surface area contributed by atoms with Gasteiger partial charge in [0.15, 0.2) is 6.61 Å². The van der Waals surface area contributed by atoms with Gasteiger partial charge in [-0.15, -0.1) is 11.3 Å². The molecule has 4 nitrogen and oxygen atoms in total. The summed E-state index contributed by atoms with van der Waals surface area (Å²) in [4.78, 5) is 15.4. The summed E-state index contributed by atoms with van der Waals surface area (Å²) in [6.07, 6.45) is 0.690. The highest BCUT2D eigenvalue weighted by Crippen LogP contribution is 2.30. The van der Waals surface area contributed by atoms with E-state index in [1.807, 2.05) is 29.6 Å². The summed E-state index contributed by atoms with van der Waals surface area (Å²) in [5.74, 6) is -0.593. The van der Waals surface area contributed by atoms with Gasteiger partial charge >= 0.3 is 5.97 Å². The highest BCUT2D eigenvalue weighted by molar-refractivity contribution is 7.10. The molecule has 1 N–H and O–H groups in total. The highest BCUT2D eigenvalue weighted by Gasteiger charge is 2.12. The minimum absolute atomic E-state index is 0.418. The van der Waals surface area contributed by atoms with Gasteiger partial charge in [0.05, 0.1) is 10.7 Å². The number of thiazole rings is 1. The molecule has 3 rings (SSSR count). The smallest absolute Gasteiger partial charge is 0.341 e. The molecule has 0 saturated carbocycles. The Morgan fingerprint density at radius 1 is 1.24 bits per heavy atom. The second-order valence-electron chi connectivity index (χ2n) is 5.37. The number of aromatic nitrogens is 1. The Morgan fingerprint density at radius 3 is 2.72 bits per heavy atom. The molecule has 0 unspecified atom stereocenters. The lowest BCUT2D eigenvalue weighted by Crippen LogP contribution is -2.11. The van der Waals surface area contributed by atoms with E-state index in [2.05, 4.69) is 4.98 Å². The normalized spacial score (nSPS) is 10.6. The van der Waals surface area contributed by atoms with Crippen LogP contribution in [0.4, 0.5) is 0 Å². The van der Waals surface area contributed by atoms with Crippen molar-refractivity contribution in [3.8, 4) is 17.0 Å². The number of aliphatic carboxylic acids is 1. The Bertz CT molecular complexity index is 896. The fourth-order valence-corrected chi connectivity index (χ4v) is 3.26. The van der Waals surface area contributed by atoms with Crippen LogP contribution in [0.2, 0.25) is 5.02 Å². The molecular weight excluding hydrogens is 357 g/mol. The molecule has 0 spiro atoms. The van der Waals surface area contributed by atoms with Crippen LogP contribution in [0.3, 0.4) is 0 Å². The SMILES string of the molecule is [B]c1ccc(OCC(=O)O)c(-c2csc(Cc3ccc(Cl)cc3)n2)c1. The van der Waals surface area contributed by atoms with Crippen LogP contribution >= 0.6 is 22.9 Å². The second kappa shape index (κ2) is 7.72. The molecule has 7 heteroatoms. The lowest BCUT2D eigenvalue weighted by molar-refractivity contribution is -0.139. The van der Waals surface area contributed by atoms with Gasteiger partial charge in [0.25, 0.3) is 0 Å². The van der Waals surface area contributed by atoms with Crippen LogP contribution < -0.4 is 10.2 Å². The van der Waals surface area contributed by atoms with Crippen molar-refractivity contribution in [1.82, 2.24) is 4.98 Å². The number of benzene rings is 2. The summed E-state index contributed by atoms with van der Waals surface area (Å²) in [5.41, 5.74) is 3.06. The van der Waals surface area contributed by atoms with Crippen molar-refractivity contribution in [1.29, 1.82) is 0 Å². The van der Waals surface area contributed by atoms with Gasteiger partial charge in [0.1, 0.15) is 13.6 Å². The van der Waals surface area contributed by atoms with Gasteiger partial charge in [-0.3, -0.25) is 0 Å². The molecule has 0 aliphatic heterocycles. The lowest BCUT2D eigenvalue weighted by atomic mass is 9.93. The summed E-state index contributed by atoms with van der Waals surface area (Å²) in [6.45, 7) is -0.418. The highest BCUT2D eigenvalue weighted by atomic mass is 35.5. The third-order valence-corrected chi connectivity index (χ3v) is 4.55. The Labute approximate surface area is 155 Å². The minimum Gasteiger partial charge on any atom is -0.481 e. The zero-order valence-electron chi connectivity index (χ0n) is 13.1. The molecule has 2 radical (unpaired) electrons. The number of hydrogen-bond acceptors (Lipinski definition) is 4. The van der Waals surface area contributed by atoms with E-state index >= 15 is 0 Å². The van der Waals surface area contributed by atoms with Crippen molar-refractivity contribution in [2.45, 2.75) is 6.42 Å². The van der Waals surface area contributed by atoms with Crippen molar-refractivity contribution in [2.24, 2.45) is 0 Å². The maximum Gasteiger partial charge on any atom is 0.341 e. The first-order valence-electron chi connectivity index (χ1n) is 7.44. The van der Waals surface area contributed by atoms with Gasteiger partial charge < -0.3 is 9.84 Å². The van der Waals surface area contributed by atoms with Gasteiger partial charge in [-0.2, -0.15) is 0 Å². The molecule has 0 atom stereocenters. The molecule has 0 amide bonds. The molecule has 124 valence electrons. The largest absolute Gasteiger partial charge is 0.481 e. The number of nitrogens with zero attached hydrogens (tertiary/aromatic N) is 1. The van der Waals surface area contributed by atoms with Gasteiger partial charge in [0, 0.05) is 22.4 Å². The van der Waals surface area contributed by atoms with E-state index in [0.717, 1.165) is 10.6 Å². The third kappa shape index (κ3) is 4.62. The molecule has 0 bridgehead atoms. The molecule has 0 saturated heterocycles. The Kier molecular flexibility index (Phi) is 5.41. The van der Waals surface area contributed by atoms with Gasteiger partial charge in [-0.25, -0.2) is 9.78 Å². The number of carbonyl (C=O) groups is 1. The van der Waals surface area contributed by atoms with E-state index in [1.54, 1.807) is 18.2 Å². The predicted octanol–water partition coefficient (Wildman–Crippen LogP) is 3.31. The zero-order chi connectivity index (χ0) is 17.8. The summed E-state index contributed by atoms with van der Waals surface area (Å²) in [5, 5.41) is 12.3. The van der Waals surface area contributed by atoms with E-state index in [9.17, 15) is 4.79 Å². The minimum atomic E-state index is -1.04. The van der Waals surface area contributed by atoms with Crippen molar-refractivity contribution in [2.75, 3.05) is 6.61 Å². The van der Waals surface area contributed by atoms with Crippen LogP contribution in [0, 0.1) is 0 Å². The first-order valence-corrected chi connectivity index (χ1v) is 8.70. The molecular formula is C18H13BClNO3S. The zero-order valence-corrected chi connectivity index (χ0v) is 14.7. The van der Waals surface area contributed by atoms with Crippen molar-refractivity contribution in [3.05, 3.63) is 63.4 Å². The number of carboxylic acid groups (broad SMARTS) is 1. The molecule has 0 aliphatic rings. The third-order valence-electron chi connectivity index (χ3n) is 3.45. The van der Waals surface area contributed by atoms with Crippen molar-refractivity contribution < 1.29 is 14.6 Å². The van der Waals surface area contributed by atoms with Crippen LogP contribution in [0.15, 0.2) is 47.8 Å². The number of rotatable bonds is 6. The molecule has 2 aromatic carbocycles. The van der Waals surface area contributed by atoms with Crippen molar-refractivity contribution in [3.63, 3.8) is 0 Å². The average molecular weight is 370 g/mol. The van der Waals surface area contributed by atoms with Crippen LogP contribution in [0.25, 0.3) is 11.3 Å². The van der Waals surface area contributed by atoms with Gasteiger partial charge in [0.2, 0.25) is 0 Å².